The number of nitrogens with zero attached hydrogens (tertiary/aromatic N) is 6. The Kier molecular flexibility index (Phi) is 3.94. The highest BCUT2D eigenvalue weighted by Crippen LogP contribution is 2.42. The Bertz CT molecular complexity index is 579. The zero-order valence-corrected chi connectivity index (χ0v) is 10.4. The topological polar surface area (TPSA) is 104 Å². The van der Waals surface area contributed by atoms with Crippen molar-refractivity contribution >= 4 is 41.5 Å². The first kappa shape index (κ1) is 12.8. The number of benzene rings is 1. The molecular weight excluding hydrogens is 268 g/mol. The van der Waals surface area contributed by atoms with Crippen molar-refractivity contribution in [2.75, 3.05) is 9.43 Å². The van der Waals surface area contributed by atoms with Crippen molar-refractivity contribution in [3.05, 3.63) is 30.6 Å². The molecule has 0 bridgehead atoms. The summed E-state index contributed by atoms with van der Waals surface area (Å²) >= 11 is 6.04. The molecule has 1 aromatic rings. The first-order valence-electron chi connectivity index (χ1n) is 5.13. The molecule has 2 rings (SSSR count). The molecule has 1 aromatic carbocycles. The van der Waals surface area contributed by atoms with E-state index >= 15 is 0 Å². The van der Waals surface area contributed by atoms with E-state index in [1.54, 1.807) is 30.6 Å². The first-order chi connectivity index (χ1) is 9.27. The quantitative estimate of drug-likeness (QED) is 0.379. The molecule has 0 spiro atoms. The number of anilines is 2. The number of azo groups is 1. The highest BCUT2D eigenvalue weighted by molar-refractivity contribution is 6.28. The van der Waals surface area contributed by atoms with E-state index in [0.717, 1.165) is 12.7 Å². The zero-order chi connectivity index (χ0) is 13.7. The SMILES string of the molecule is N=CN=Nc1cccc2c1N(N=NC=N)C=CN2Cl. The monoisotopic (exact) mass is 276 g/mol. The number of nitrogens with one attached hydrogen (secondary N) is 2. The maximum Gasteiger partial charge on any atom is 0.131 e. The Morgan fingerprint density at radius 3 is 2.63 bits per heavy atom. The van der Waals surface area contributed by atoms with E-state index in [9.17, 15) is 0 Å². The maximum atomic E-state index is 6.87. The Morgan fingerprint density at radius 1 is 1.11 bits per heavy atom. The summed E-state index contributed by atoms with van der Waals surface area (Å²) in [5, 5.41) is 29.9. The van der Waals surface area contributed by atoms with Crippen LogP contribution in [0.15, 0.2) is 51.2 Å². The molecule has 1 aliphatic rings. The summed E-state index contributed by atoms with van der Waals surface area (Å²) in [6.45, 7) is 0. The lowest BCUT2D eigenvalue weighted by atomic mass is 10.2. The molecule has 0 atom stereocenters. The highest BCUT2D eigenvalue weighted by Gasteiger charge is 2.21. The predicted molar refractivity (Wildman–Crippen MR) is 73.3 cm³/mol. The van der Waals surface area contributed by atoms with Gasteiger partial charge in [-0.3, -0.25) is 15.2 Å². The molecule has 0 unspecified atom stereocenters. The normalized spacial score (nSPS) is 14.2. The van der Waals surface area contributed by atoms with E-state index in [-0.39, 0.29) is 0 Å². The number of fused-ring (bicyclic) bond motifs is 1. The van der Waals surface area contributed by atoms with Crippen molar-refractivity contribution in [3.63, 3.8) is 0 Å². The van der Waals surface area contributed by atoms with Crippen LogP contribution in [0.1, 0.15) is 0 Å². The molecule has 0 fully saturated rings. The summed E-state index contributed by atoms with van der Waals surface area (Å²) in [5.74, 6) is 0. The van der Waals surface area contributed by atoms with Crippen LogP contribution in [0.5, 0.6) is 0 Å². The standard InChI is InChI=1S/C10H9ClN8/c11-18-4-5-19(17-15-7-13)10-8(16-14-6-12)2-1-3-9(10)18/h1-7,12-13H. The van der Waals surface area contributed by atoms with Gasteiger partial charge in [0.05, 0.1) is 5.69 Å². The van der Waals surface area contributed by atoms with Crippen LogP contribution in [-0.4, -0.2) is 12.7 Å². The van der Waals surface area contributed by atoms with Crippen LogP contribution in [0.3, 0.4) is 0 Å². The number of para-hydroxylation sites is 1. The van der Waals surface area contributed by atoms with E-state index in [1.165, 1.54) is 9.43 Å². The van der Waals surface area contributed by atoms with Gasteiger partial charge in [-0.2, -0.15) is 0 Å². The lowest BCUT2D eigenvalue weighted by Gasteiger charge is -2.25. The summed E-state index contributed by atoms with van der Waals surface area (Å²) in [4.78, 5) is 0. The molecule has 0 aromatic heterocycles. The van der Waals surface area contributed by atoms with E-state index < -0.39 is 0 Å². The summed E-state index contributed by atoms with van der Waals surface area (Å²) in [5.41, 5.74) is 1.70. The van der Waals surface area contributed by atoms with Crippen LogP contribution in [0.4, 0.5) is 17.1 Å². The Hall–Kier alpha value is -2.61. The van der Waals surface area contributed by atoms with Crippen LogP contribution in [0.2, 0.25) is 0 Å². The van der Waals surface area contributed by atoms with Crippen LogP contribution >= 0.6 is 11.8 Å². The van der Waals surface area contributed by atoms with Gasteiger partial charge in [0.15, 0.2) is 0 Å². The number of hydrogen-bond acceptors (Lipinski definition) is 5. The van der Waals surface area contributed by atoms with Gasteiger partial charge in [-0.05, 0) is 12.1 Å². The molecule has 1 aliphatic heterocycles. The second kappa shape index (κ2) is 5.83. The molecule has 96 valence electrons. The van der Waals surface area contributed by atoms with Crippen LogP contribution in [-0.2, 0) is 0 Å². The fourth-order valence-corrected chi connectivity index (χ4v) is 1.72. The van der Waals surface area contributed by atoms with Crippen molar-refractivity contribution < 1.29 is 0 Å². The average molecular weight is 277 g/mol. The Morgan fingerprint density at radius 2 is 1.89 bits per heavy atom. The van der Waals surface area contributed by atoms with E-state index in [1.807, 2.05) is 0 Å². The lowest BCUT2D eigenvalue weighted by Crippen LogP contribution is -2.17. The molecule has 19 heavy (non-hydrogen) atoms. The van der Waals surface area contributed by atoms with Gasteiger partial charge in [0.25, 0.3) is 0 Å². The van der Waals surface area contributed by atoms with Gasteiger partial charge in [-0.15, -0.1) is 15.3 Å². The van der Waals surface area contributed by atoms with Crippen LogP contribution < -0.4 is 9.43 Å². The second-order valence-electron chi connectivity index (χ2n) is 3.28. The minimum atomic E-state index is 0.486. The molecule has 8 nitrogen and oxygen atoms in total. The third-order valence-corrected chi connectivity index (χ3v) is 2.52. The van der Waals surface area contributed by atoms with Crippen LogP contribution in [0, 0.1) is 10.8 Å². The molecule has 0 saturated heterocycles. The van der Waals surface area contributed by atoms with Crippen molar-refractivity contribution in [2.45, 2.75) is 0 Å². The third-order valence-electron chi connectivity index (χ3n) is 2.22. The third kappa shape index (κ3) is 2.63. The lowest BCUT2D eigenvalue weighted by molar-refractivity contribution is 0.963. The van der Waals surface area contributed by atoms with E-state index in [2.05, 4.69) is 20.6 Å². The molecule has 2 N–H and O–H groups in total. The van der Waals surface area contributed by atoms with Gasteiger partial charge >= 0.3 is 0 Å². The fourth-order valence-electron chi connectivity index (χ4n) is 1.53. The Labute approximate surface area is 113 Å². The summed E-state index contributed by atoms with van der Waals surface area (Å²) in [6.07, 6.45) is 4.82. The van der Waals surface area contributed by atoms with Gasteiger partial charge < -0.3 is 0 Å². The van der Waals surface area contributed by atoms with Gasteiger partial charge in [-0.25, -0.2) is 5.01 Å². The minimum Gasteiger partial charge on any atom is -0.288 e. The summed E-state index contributed by atoms with van der Waals surface area (Å²) in [7, 11) is 0. The molecule has 0 aliphatic carbocycles. The van der Waals surface area contributed by atoms with Gasteiger partial charge in [-0.1, -0.05) is 11.3 Å². The number of halogens is 1. The van der Waals surface area contributed by atoms with Crippen molar-refractivity contribution in [3.8, 4) is 0 Å². The molecule has 1 heterocycles. The molecule has 0 amide bonds. The minimum absolute atomic E-state index is 0.486. The van der Waals surface area contributed by atoms with Gasteiger partial charge in [0.2, 0.25) is 0 Å². The van der Waals surface area contributed by atoms with E-state index in [4.69, 9.17) is 22.6 Å². The molecule has 0 radical (unpaired) electrons. The van der Waals surface area contributed by atoms with E-state index in [0.29, 0.717) is 17.1 Å². The van der Waals surface area contributed by atoms with Crippen LogP contribution in [0.25, 0.3) is 0 Å². The smallest absolute Gasteiger partial charge is 0.131 e. The first-order valence-corrected chi connectivity index (χ1v) is 5.47. The average Bonchev–Trinajstić information content (AvgIpc) is 2.44. The second-order valence-corrected chi connectivity index (χ2v) is 3.64. The predicted octanol–water partition coefficient (Wildman–Crippen LogP) is 3.60. The zero-order valence-electron chi connectivity index (χ0n) is 9.60. The van der Waals surface area contributed by atoms with Crippen molar-refractivity contribution in [1.82, 2.24) is 0 Å². The molecule has 9 heteroatoms. The largest absolute Gasteiger partial charge is 0.288 e. The molecular formula is C10H9ClN8. The number of hydrogen-bond donors (Lipinski definition) is 2. The van der Waals surface area contributed by atoms with Gasteiger partial charge in [0, 0.05) is 24.2 Å². The van der Waals surface area contributed by atoms with Gasteiger partial charge in [0.1, 0.15) is 24.1 Å². The summed E-state index contributed by atoms with van der Waals surface area (Å²) in [6, 6.07) is 5.25. The number of rotatable bonds is 4. The van der Waals surface area contributed by atoms with Crippen molar-refractivity contribution in [1.29, 1.82) is 10.8 Å². The van der Waals surface area contributed by atoms with Crippen molar-refractivity contribution in [2.24, 2.45) is 20.6 Å². The maximum absolute atomic E-state index is 6.87. The Balaban J connectivity index is 2.54. The fraction of sp³-hybridized carbons (Fsp3) is 0. The highest BCUT2D eigenvalue weighted by atomic mass is 35.5. The summed E-state index contributed by atoms with van der Waals surface area (Å²) < 4.78 is 1.38. The molecule has 0 saturated carbocycles.